The van der Waals surface area contributed by atoms with Crippen LogP contribution in [0.25, 0.3) is 0 Å². The molecule has 1 aliphatic rings. The first-order chi connectivity index (χ1) is 8.13. The van der Waals surface area contributed by atoms with Gasteiger partial charge in [0.25, 0.3) is 0 Å². The van der Waals surface area contributed by atoms with Crippen molar-refractivity contribution in [2.75, 3.05) is 0 Å². The van der Waals surface area contributed by atoms with Gasteiger partial charge in [-0.05, 0) is 12.1 Å². The Labute approximate surface area is 96.1 Å². The van der Waals surface area contributed by atoms with Gasteiger partial charge in [0.1, 0.15) is 5.75 Å². The minimum Gasteiger partial charge on any atom is -0.508 e. The molecule has 17 heavy (non-hydrogen) atoms. The Hall–Kier alpha value is -2.56. The molecule has 2 aromatic rings. The first-order valence-corrected chi connectivity index (χ1v) is 4.88. The van der Waals surface area contributed by atoms with Crippen molar-refractivity contribution in [3.05, 3.63) is 30.3 Å². The fourth-order valence-electron chi connectivity index (χ4n) is 1.60. The smallest absolute Gasteiger partial charge is 0.174 e. The molecule has 0 aromatic heterocycles. The van der Waals surface area contributed by atoms with Crippen molar-refractivity contribution in [2.24, 2.45) is 0 Å². The van der Waals surface area contributed by atoms with Crippen LogP contribution in [0.4, 0.5) is 0 Å². The van der Waals surface area contributed by atoms with Gasteiger partial charge in [-0.2, -0.15) is 0 Å². The van der Waals surface area contributed by atoms with Gasteiger partial charge in [-0.25, -0.2) is 0 Å². The number of benzene rings is 2. The predicted molar refractivity (Wildman–Crippen MR) is 58.0 cm³/mol. The Morgan fingerprint density at radius 2 is 1.18 bits per heavy atom. The topological polar surface area (TPSA) is 79.2 Å². The molecule has 1 aliphatic heterocycles. The van der Waals surface area contributed by atoms with E-state index in [2.05, 4.69) is 0 Å². The molecule has 0 aliphatic carbocycles. The summed E-state index contributed by atoms with van der Waals surface area (Å²) in [6, 6.07) is 6.94. The summed E-state index contributed by atoms with van der Waals surface area (Å²) < 4.78 is 10.9. The van der Waals surface area contributed by atoms with Gasteiger partial charge < -0.3 is 24.8 Å². The molecule has 0 atom stereocenters. The van der Waals surface area contributed by atoms with Crippen LogP contribution in [0.1, 0.15) is 0 Å². The summed E-state index contributed by atoms with van der Waals surface area (Å²) in [5, 5.41) is 28.0. The highest BCUT2D eigenvalue weighted by atomic mass is 16.6. The van der Waals surface area contributed by atoms with Crippen LogP contribution in [0.5, 0.6) is 40.2 Å². The lowest BCUT2D eigenvalue weighted by molar-refractivity contribution is 0.343. The first-order valence-electron chi connectivity index (χ1n) is 4.88. The van der Waals surface area contributed by atoms with Crippen LogP contribution in [-0.2, 0) is 0 Å². The third kappa shape index (κ3) is 1.48. The Morgan fingerprint density at radius 1 is 0.647 bits per heavy atom. The van der Waals surface area contributed by atoms with Crippen molar-refractivity contribution in [3.8, 4) is 40.2 Å². The second-order valence-electron chi connectivity index (χ2n) is 3.62. The van der Waals surface area contributed by atoms with Gasteiger partial charge in [0.15, 0.2) is 34.5 Å². The average Bonchev–Trinajstić information content (AvgIpc) is 2.28. The van der Waals surface area contributed by atoms with Gasteiger partial charge >= 0.3 is 0 Å². The molecule has 0 radical (unpaired) electrons. The molecule has 0 spiro atoms. The zero-order valence-corrected chi connectivity index (χ0v) is 8.54. The van der Waals surface area contributed by atoms with E-state index in [0.29, 0.717) is 17.2 Å². The summed E-state index contributed by atoms with van der Waals surface area (Å²) in [5.74, 6) is 0.837. The third-order valence-electron chi connectivity index (χ3n) is 2.41. The number of hydrogen-bond donors (Lipinski definition) is 3. The van der Waals surface area contributed by atoms with Crippen molar-refractivity contribution in [3.63, 3.8) is 0 Å². The van der Waals surface area contributed by atoms with E-state index in [1.807, 2.05) is 0 Å². The molecular weight excluding hydrogens is 224 g/mol. The van der Waals surface area contributed by atoms with Gasteiger partial charge in [0, 0.05) is 18.2 Å². The monoisotopic (exact) mass is 232 g/mol. The summed E-state index contributed by atoms with van der Waals surface area (Å²) in [5.41, 5.74) is 0. The number of rotatable bonds is 0. The summed E-state index contributed by atoms with van der Waals surface area (Å²) in [6.45, 7) is 0. The first kappa shape index (κ1) is 9.65. The maximum Gasteiger partial charge on any atom is 0.174 e. The average molecular weight is 232 g/mol. The van der Waals surface area contributed by atoms with Crippen LogP contribution in [0, 0.1) is 0 Å². The molecule has 3 rings (SSSR count). The number of aromatic hydroxyl groups is 3. The maximum atomic E-state index is 9.34. The second kappa shape index (κ2) is 3.21. The lowest BCUT2D eigenvalue weighted by atomic mass is 10.2. The lowest BCUT2D eigenvalue weighted by Gasteiger charge is -2.20. The van der Waals surface area contributed by atoms with Crippen molar-refractivity contribution in [1.82, 2.24) is 0 Å². The van der Waals surface area contributed by atoms with E-state index in [1.165, 1.54) is 24.3 Å². The van der Waals surface area contributed by atoms with E-state index in [0.717, 1.165) is 0 Å². The molecule has 2 aromatic carbocycles. The van der Waals surface area contributed by atoms with E-state index < -0.39 is 0 Å². The van der Waals surface area contributed by atoms with Gasteiger partial charge in [-0.15, -0.1) is 0 Å². The van der Waals surface area contributed by atoms with Crippen molar-refractivity contribution in [1.29, 1.82) is 0 Å². The van der Waals surface area contributed by atoms with Gasteiger partial charge in [-0.3, -0.25) is 0 Å². The Morgan fingerprint density at radius 3 is 1.82 bits per heavy atom. The van der Waals surface area contributed by atoms with Gasteiger partial charge in [-0.1, -0.05) is 0 Å². The van der Waals surface area contributed by atoms with E-state index in [1.54, 1.807) is 6.07 Å². The summed E-state index contributed by atoms with van der Waals surface area (Å²) in [4.78, 5) is 0. The van der Waals surface area contributed by atoms with Crippen LogP contribution in [0.15, 0.2) is 30.3 Å². The zero-order chi connectivity index (χ0) is 12.0. The SMILES string of the molecule is Oc1ccc2c(c1)Oc1cc(O)c(O)cc1O2. The second-order valence-corrected chi connectivity index (χ2v) is 3.62. The number of fused-ring (bicyclic) bond motifs is 2. The highest BCUT2D eigenvalue weighted by Crippen LogP contribution is 2.49. The van der Waals surface area contributed by atoms with Crippen LogP contribution in [0.2, 0.25) is 0 Å². The number of phenols is 3. The summed E-state index contributed by atoms with van der Waals surface area (Å²) >= 11 is 0. The number of ether oxygens (including phenoxy) is 2. The van der Waals surface area contributed by atoms with Crippen LogP contribution in [0.3, 0.4) is 0 Å². The molecule has 0 fully saturated rings. The highest BCUT2D eigenvalue weighted by molar-refractivity contribution is 5.60. The maximum absolute atomic E-state index is 9.34. The van der Waals surface area contributed by atoms with Crippen molar-refractivity contribution < 1.29 is 24.8 Å². The van der Waals surface area contributed by atoms with Crippen molar-refractivity contribution >= 4 is 0 Å². The minimum atomic E-state index is -0.295. The van der Waals surface area contributed by atoms with Crippen LogP contribution >= 0.6 is 0 Å². The molecule has 1 heterocycles. The highest BCUT2D eigenvalue weighted by Gasteiger charge is 2.21. The third-order valence-corrected chi connectivity index (χ3v) is 2.41. The fraction of sp³-hybridized carbons (Fsp3) is 0. The Bertz CT molecular complexity index is 606. The standard InChI is InChI=1S/C12H8O5/c13-6-1-2-9-10(3-6)17-12-5-8(15)7(14)4-11(12)16-9/h1-5,13-15H. The molecule has 0 amide bonds. The molecule has 0 bridgehead atoms. The number of hydrogen-bond acceptors (Lipinski definition) is 5. The molecule has 0 saturated heterocycles. The number of phenolic OH excluding ortho intramolecular Hbond substituents is 3. The molecule has 5 nitrogen and oxygen atoms in total. The molecule has 0 unspecified atom stereocenters. The molecule has 86 valence electrons. The van der Waals surface area contributed by atoms with E-state index >= 15 is 0 Å². The van der Waals surface area contributed by atoms with Crippen LogP contribution < -0.4 is 9.47 Å². The molecule has 3 N–H and O–H groups in total. The minimum absolute atomic E-state index is 0.0544. The quantitative estimate of drug-likeness (QED) is 0.519. The van der Waals surface area contributed by atoms with E-state index in [-0.39, 0.29) is 23.0 Å². The zero-order valence-electron chi connectivity index (χ0n) is 8.54. The van der Waals surface area contributed by atoms with Crippen molar-refractivity contribution in [2.45, 2.75) is 0 Å². The van der Waals surface area contributed by atoms with Gasteiger partial charge in [0.2, 0.25) is 0 Å². The van der Waals surface area contributed by atoms with E-state index in [4.69, 9.17) is 9.47 Å². The largest absolute Gasteiger partial charge is 0.508 e. The Kier molecular flexibility index (Phi) is 1.82. The summed E-state index contributed by atoms with van der Waals surface area (Å²) in [7, 11) is 0. The molecule has 5 heteroatoms. The summed E-state index contributed by atoms with van der Waals surface area (Å²) in [6.07, 6.45) is 0. The van der Waals surface area contributed by atoms with E-state index in [9.17, 15) is 15.3 Å². The normalized spacial score (nSPS) is 12.0. The molecular formula is C12H8O5. The molecule has 0 saturated carbocycles. The predicted octanol–water partition coefficient (Wildman–Crippen LogP) is 2.70. The Balaban J connectivity index is 2.11. The van der Waals surface area contributed by atoms with Crippen LogP contribution in [-0.4, -0.2) is 15.3 Å². The van der Waals surface area contributed by atoms with Gasteiger partial charge in [0.05, 0.1) is 0 Å². The lowest BCUT2D eigenvalue weighted by Crippen LogP contribution is -1.98. The fourth-order valence-corrected chi connectivity index (χ4v) is 1.60.